The molecule has 158 valence electrons. The van der Waals surface area contributed by atoms with Crippen molar-refractivity contribution < 1.29 is 9.53 Å². The Hall–Kier alpha value is -0.220. The molecule has 3 aliphatic heterocycles. The minimum absolute atomic E-state index is 0.539. The van der Waals surface area contributed by atoms with Crippen LogP contribution in [0.15, 0.2) is 0 Å². The van der Waals surface area contributed by atoms with Gasteiger partial charge in [0.2, 0.25) is 0 Å². The van der Waals surface area contributed by atoms with Gasteiger partial charge in [-0.25, -0.2) is 0 Å². The van der Waals surface area contributed by atoms with Gasteiger partial charge in [0.1, 0.15) is 0 Å². The molecule has 7 atom stereocenters. The second kappa shape index (κ2) is 11.1. The van der Waals surface area contributed by atoms with Gasteiger partial charge in [0.15, 0.2) is 0 Å². The first-order valence-electron chi connectivity index (χ1n) is 11.3. The Morgan fingerprint density at radius 1 is 1.07 bits per heavy atom. The van der Waals surface area contributed by atoms with Crippen molar-refractivity contribution in [1.29, 1.82) is 0 Å². The average molecular weight is 398 g/mol. The number of carbonyl (C=O) groups excluding carboxylic acids is 1. The van der Waals surface area contributed by atoms with Crippen LogP contribution in [0.25, 0.3) is 0 Å². The minimum atomic E-state index is 0.539. The minimum Gasteiger partial charge on any atom is -0.468 e. The zero-order chi connectivity index (χ0) is 20.0. The molecule has 0 amide bonds. The second-order valence-corrected chi connectivity index (χ2v) is 10.8. The van der Waals surface area contributed by atoms with Crippen LogP contribution in [-0.2, 0) is 9.53 Å². The maximum Gasteiger partial charge on any atom is 0.293 e. The van der Waals surface area contributed by atoms with Crippen molar-refractivity contribution >= 4 is 19.1 Å². The average Bonchev–Trinajstić information content (AvgIpc) is 2.94. The molecule has 0 N–H and O–H groups in total. The third kappa shape index (κ3) is 6.66. The van der Waals surface area contributed by atoms with Gasteiger partial charge < -0.3 is 9.64 Å². The molecule has 1 saturated carbocycles. The molecule has 3 saturated heterocycles. The highest BCUT2D eigenvalue weighted by molar-refractivity contribution is 7.80. The largest absolute Gasteiger partial charge is 0.468 e. The van der Waals surface area contributed by atoms with Crippen molar-refractivity contribution in [3.63, 3.8) is 0 Å². The van der Waals surface area contributed by atoms with Crippen LogP contribution in [0.3, 0.4) is 0 Å². The summed E-state index contributed by atoms with van der Waals surface area (Å²) in [5.41, 5.74) is 0. The summed E-state index contributed by atoms with van der Waals surface area (Å²) in [5, 5.41) is 0.539. The summed E-state index contributed by atoms with van der Waals surface area (Å²) in [6, 6.07) is 0. The van der Waals surface area contributed by atoms with Gasteiger partial charge >= 0.3 is 0 Å². The molecule has 2 bridgehead atoms. The van der Waals surface area contributed by atoms with Crippen LogP contribution in [0.2, 0.25) is 0 Å². The molecule has 0 spiro atoms. The summed E-state index contributed by atoms with van der Waals surface area (Å²) >= 11 is 4.51. The zero-order valence-corrected chi connectivity index (χ0v) is 19.2. The van der Waals surface area contributed by atoms with E-state index in [4.69, 9.17) is 4.74 Å². The standard InChI is InChI=1S/C13H21NO2.C10H22S/c15-9-16-8-11-7-14-5-4-13(11)12-3-1-2-10(12)6-14;1-7(2)6-10(8(3)4)9(5)11/h9-13H,1-8H2;7-11H,6H2,1-5H3. The van der Waals surface area contributed by atoms with E-state index < -0.39 is 0 Å². The van der Waals surface area contributed by atoms with E-state index in [0.717, 1.165) is 42.1 Å². The molecule has 4 rings (SSSR count). The van der Waals surface area contributed by atoms with Crippen LogP contribution in [0.1, 0.15) is 66.7 Å². The van der Waals surface area contributed by atoms with E-state index in [2.05, 4.69) is 52.1 Å². The van der Waals surface area contributed by atoms with Crippen LogP contribution in [0, 0.1) is 41.4 Å². The first-order chi connectivity index (χ1) is 12.8. The van der Waals surface area contributed by atoms with Crippen molar-refractivity contribution in [2.75, 3.05) is 26.2 Å². The molecule has 3 heterocycles. The lowest BCUT2D eigenvalue weighted by Crippen LogP contribution is -2.40. The molecule has 0 aromatic rings. The molecule has 4 heteroatoms. The van der Waals surface area contributed by atoms with Crippen molar-refractivity contribution in [2.45, 2.75) is 72.0 Å². The van der Waals surface area contributed by atoms with Crippen LogP contribution in [0.5, 0.6) is 0 Å². The van der Waals surface area contributed by atoms with E-state index in [0.29, 0.717) is 24.2 Å². The van der Waals surface area contributed by atoms with Gasteiger partial charge in [-0.15, -0.1) is 0 Å². The first-order valence-corrected chi connectivity index (χ1v) is 11.8. The maximum atomic E-state index is 10.3. The molecule has 1 aliphatic carbocycles. The highest BCUT2D eigenvalue weighted by atomic mass is 32.1. The predicted octanol–water partition coefficient (Wildman–Crippen LogP) is 5.15. The molecular weight excluding hydrogens is 354 g/mol. The zero-order valence-electron chi connectivity index (χ0n) is 18.3. The summed E-state index contributed by atoms with van der Waals surface area (Å²) in [7, 11) is 0. The summed E-state index contributed by atoms with van der Waals surface area (Å²) in [5.74, 6) is 5.64. The fraction of sp³-hybridized carbons (Fsp3) is 0.957. The molecule has 0 aromatic heterocycles. The van der Waals surface area contributed by atoms with Crippen LogP contribution in [-0.4, -0.2) is 42.9 Å². The highest BCUT2D eigenvalue weighted by Gasteiger charge is 2.44. The fourth-order valence-electron chi connectivity index (χ4n) is 5.95. The summed E-state index contributed by atoms with van der Waals surface area (Å²) < 4.78 is 5.02. The lowest BCUT2D eigenvalue weighted by atomic mass is 9.75. The Morgan fingerprint density at radius 3 is 2.37 bits per heavy atom. The van der Waals surface area contributed by atoms with Gasteiger partial charge in [-0.3, -0.25) is 4.79 Å². The quantitative estimate of drug-likeness (QED) is 0.476. The van der Waals surface area contributed by atoms with Gasteiger partial charge in [-0.2, -0.15) is 12.6 Å². The number of fused-ring (bicyclic) bond motifs is 2. The number of hydrogen-bond acceptors (Lipinski definition) is 4. The first kappa shape index (κ1) is 23.1. The predicted molar refractivity (Wildman–Crippen MR) is 117 cm³/mol. The van der Waals surface area contributed by atoms with Crippen molar-refractivity contribution in [3.8, 4) is 0 Å². The normalized spacial score (nSPS) is 34.4. The third-order valence-corrected chi connectivity index (χ3v) is 7.62. The molecule has 3 nitrogen and oxygen atoms in total. The van der Waals surface area contributed by atoms with E-state index in [1.54, 1.807) is 0 Å². The summed E-state index contributed by atoms with van der Waals surface area (Å²) in [4.78, 5) is 12.9. The third-order valence-electron chi connectivity index (χ3n) is 7.24. The van der Waals surface area contributed by atoms with Crippen molar-refractivity contribution in [1.82, 2.24) is 4.90 Å². The van der Waals surface area contributed by atoms with Crippen LogP contribution < -0.4 is 0 Å². The highest BCUT2D eigenvalue weighted by Crippen LogP contribution is 2.46. The summed E-state index contributed by atoms with van der Waals surface area (Å²) in [6.07, 6.45) is 6.90. The lowest BCUT2D eigenvalue weighted by Gasteiger charge is -2.36. The van der Waals surface area contributed by atoms with Gasteiger partial charge in [-0.05, 0) is 67.7 Å². The van der Waals surface area contributed by atoms with E-state index in [9.17, 15) is 4.79 Å². The Bertz CT molecular complexity index is 432. The van der Waals surface area contributed by atoms with Gasteiger partial charge in [0.05, 0.1) is 6.61 Å². The van der Waals surface area contributed by atoms with E-state index in [1.165, 1.54) is 45.2 Å². The summed E-state index contributed by atoms with van der Waals surface area (Å²) in [6.45, 7) is 16.3. The van der Waals surface area contributed by atoms with Gasteiger partial charge in [0, 0.05) is 24.3 Å². The van der Waals surface area contributed by atoms with E-state index in [-0.39, 0.29) is 0 Å². The maximum absolute atomic E-state index is 10.3. The Kier molecular flexibility index (Phi) is 9.47. The smallest absolute Gasteiger partial charge is 0.293 e. The Balaban J connectivity index is 0.000000211. The van der Waals surface area contributed by atoms with E-state index >= 15 is 0 Å². The number of ether oxygens (including phenoxy) is 1. The number of thiol groups is 1. The molecule has 7 unspecified atom stereocenters. The van der Waals surface area contributed by atoms with Crippen LogP contribution >= 0.6 is 12.6 Å². The Morgan fingerprint density at radius 2 is 1.81 bits per heavy atom. The molecule has 0 radical (unpaired) electrons. The number of carbonyl (C=O) groups is 1. The SMILES string of the molecule is CC(C)CC(C(C)C)C(C)S.O=COCC1CN2CCC1C1CCCC1C2. The molecule has 0 aromatic carbocycles. The molecule has 27 heavy (non-hydrogen) atoms. The number of nitrogens with zero attached hydrogens (tertiary/aromatic N) is 1. The monoisotopic (exact) mass is 397 g/mol. The Labute approximate surface area is 173 Å². The number of piperidine rings is 1. The van der Waals surface area contributed by atoms with Crippen LogP contribution in [0.4, 0.5) is 0 Å². The molecular formula is C23H43NO2S. The lowest BCUT2D eigenvalue weighted by molar-refractivity contribution is -0.131. The number of rotatable bonds is 7. The van der Waals surface area contributed by atoms with E-state index in [1.807, 2.05) is 0 Å². The van der Waals surface area contributed by atoms with Crippen molar-refractivity contribution in [3.05, 3.63) is 0 Å². The molecule has 4 aliphatic rings. The second-order valence-electron chi connectivity index (χ2n) is 10.0. The fourth-order valence-corrected chi connectivity index (χ4v) is 6.42. The van der Waals surface area contributed by atoms with Crippen molar-refractivity contribution in [2.24, 2.45) is 41.4 Å². The van der Waals surface area contributed by atoms with Gasteiger partial charge in [-0.1, -0.05) is 41.0 Å². The number of hydrogen-bond donors (Lipinski definition) is 1. The molecule has 4 fully saturated rings. The topological polar surface area (TPSA) is 29.5 Å². The van der Waals surface area contributed by atoms with Gasteiger partial charge in [0.25, 0.3) is 6.47 Å².